The molecule has 0 saturated heterocycles. The molecular weight excluding hydrogens is 450 g/mol. The Morgan fingerprint density at radius 3 is 2.42 bits per heavy atom. The Hall–Kier alpha value is -3.64. The number of benzene rings is 2. The third-order valence-electron chi connectivity index (χ3n) is 3.93. The van der Waals surface area contributed by atoms with Gasteiger partial charge in [-0.15, -0.1) is 5.10 Å². The van der Waals surface area contributed by atoms with E-state index in [9.17, 15) is 18.0 Å². The van der Waals surface area contributed by atoms with Gasteiger partial charge in [0.05, 0.1) is 35.3 Å². The molecular formula is C18H16ClN5O6S. The van der Waals surface area contributed by atoms with E-state index in [1.165, 1.54) is 38.5 Å². The maximum atomic E-state index is 12.7. The minimum Gasteiger partial charge on any atom is -0.497 e. The fraction of sp³-hybridized carbons (Fsp3) is 0.111. The van der Waals surface area contributed by atoms with Crippen LogP contribution in [0.5, 0.6) is 5.75 Å². The van der Waals surface area contributed by atoms with E-state index >= 15 is 0 Å². The summed E-state index contributed by atoms with van der Waals surface area (Å²) in [7, 11) is -1.39. The number of rotatable bonds is 7. The van der Waals surface area contributed by atoms with E-state index in [-0.39, 0.29) is 38.7 Å². The molecule has 0 unspecified atom stereocenters. The van der Waals surface area contributed by atoms with Crippen molar-refractivity contribution in [3.05, 3.63) is 58.6 Å². The summed E-state index contributed by atoms with van der Waals surface area (Å²) in [5.41, 5.74) is -0.160. The number of methoxy groups -OCH3 is 2. The van der Waals surface area contributed by atoms with Gasteiger partial charge in [0.2, 0.25) is 5.95 Å². The lowest BCUT2D eigenvalue weighted by atomic mass is 10.1. The first kappa shape index (κ1) is 22.1. The minimum atomic E-state index is -3.91. The molecule has 162 valence electrons. The number of aromatic amines is 1. The van der Waals surface area contributed by atoms with Gasteiger partial charge in [0, 0.05) is 0 Å². The van der Waals surface area contributed by atoms with Gasteiger partial charge in [0.25, 0.3) is 21.9 Å². The van der Waals surface area contributed by atoms with Gasteiger partial charge in [-0.25, -0.2) is 23.0 Å². The van der Waals surface area contributed by atoms with Gasteiger partial charge in [0.15, 0.2) is 0 Å². The summed E-state index contributed by atoms with van der Waals surface area (Å²) in [5.74, 6) is -1.75. The van der Waals surface area contributed by atoms with Crippen LogP contribution in [0.15, 0.2) is 47.4 Å². The van der Waals surface area contributed by atoms with Crippen LogP contribution < -0.4 is 14.8 Å². The lowest BCUT2D eigenvalue weighted by Gasteiger charge is -2.10. The van der Waals surface area contributed by atoms with E-state index in [0.29, 0.717) is 0 Å². The van der Waals surface area contributed by atoms with Crippen LogP contribution in [0.3, 0.4) is 0 Å². The normalized spacial score (nSPS) is 10.9. The Morgan fingerprint density at radius 2 is 1.77 bits per heavy atom. The summed E-state index contributed by atoms with van der Waals surface area (Å²) in [4.78, 5) is 28.4. The highest BCUT2D eigenvalue weighted by Gasteiger charge is 2.22. The van der Waals surface area contributed by atoms with Crippen LogP contribution in [0.25, 0.3) is 0 Å². The van der Waals surface area contributed by atoms with Gasteiger partial charge in [-0.05, 0) is 24.3 Å². The molecule has 3 rings (SSSR count). The van der Waals surface area contributed by atoms with Crippen molar-refractivity contribution in [1.82, 2.24) is 15.2 Å². The van der Waals surface area contributed by atoms with E-state index < -0.39 is 21.9 Å². The highest BCUT2D eigenvalue weighted by atomic mass is 35.5. The smallest absolute Gasteiger partial charge is 0.339 e. The SMILES string of the molecule is COC(=O)c1cc(OC)cc(C(=O)Nc2nc(NS(=O)(=O)c3ccccc3)n[nH]2)c1Cl. The van der Waals surface area contributed by atoms with E-state index in [4.69, 9.17) is 16.3 Å². The zero-order valence-electron chi connectivity index (χ0n) is 16.2. The van der Waals surface area contributed by atoms with Crippen LogP contribution >= 0.6 is 11.6 Å². The number of amides is 1. The van der Waals surface area contributed by atoms with E-state index in [1.54, 1.807) is 18.2 Å². The predicted octanol–water partition coefficient (Wildman–Crippen LogP) is 2.31. The van der Waals surface area contributed by atoms with Gasteiger partial charge in [-0.2, -0.15) is 4.98 Å². The molecule has 0 fully saturated rings. The van der Waals surface area contributed by atoms with Gasteiger partial charge in [-0.1, -0.05) is 29.8 Å². The van der Waals surface area contributed by atoms with E-state index in [0.717, 1.165) is 0 Å². The molecule has 0 aliphatic rings. The average Bonchev–Trinajstić information content (AvgIpc) is 3.19. The molecule has 0 radical (unpaired) electrons. The summed E-state index contributed by atoms with van der Waals surface area (Å²) < 4.78 is 36.6. The van der Waals surface area contributed by atoms with Gasteiger partial charge >= 0.3 is 5.97 Å². The third kappa shape index (κ3) is 4.92. The number of sulfonamides is 1. The lowest BCUT2D eigenvalue weighted by molar-refractivity contribution is 0.0600. The lowest BCUT2D eigenvalue weighted by Crippen LogP contribution is -2.16. The van der Waals surface area contributed by atoms with Crippen LogP contribution in [0.4, 0.5) is 11.9 Å². The molecule has 1 amide bonds. The molecule has 3 aromatic rings. The molecule has 1 aromatic heterocycles. The number of esters is 1. The quantitative estimate of drug-likeness (QED) is 0.449. The van der Waals surface area contributed by atoms with Gasteiger partial charge < -0.3 is 9.47 Å². The van der Waals surface area contributed by atoms with Crippen molar-refractivity contribution >= 4 is 45.4 Å². The van der Waals surface area contributed by atoms with Crippen molar-refractivity contribution in [2.75, 3.05) is 24.3 Å². The number of hydrogen-bond donors (Lipinski definition) is 3. The Morgan fingerprint density at radius 1 is 1.10 bits per heavy atom. The summed E-state index contributed by atoms with van der Waals surface area (Å²) in [5, 5.41) is 8.33. The van der Waals surface area contributed by atoms with Crippen LogP contribution in [0.2, 0.25) is 5.02 Å². The van der Waals surface area contributed by atoms with Crippen LogP contribution in [-0.2, 0) is 14.8 Å². The summed E-state index contributed by atoms with van der Waals surface area (Å²) in [6, 6.07) is 10.3. The number of ether oxygens (including phenoxy) is 2. The number of nitrogens with zero attached hydrogens (tertiary/aromatic N) is 2. The Balaban J connectivity index is 1.81. The third-order valence-corrected chi connectivity index (χ3v) is 5.68. The number of hydrogen-bond acceptors (Lipinski definition) is 8. The highest BCUT2D eigenvalue weighted by molar-refractivity contribution is 7.92. The molecule has 0 aliphatic carbocycles. The first-order chi connectivity index (χ1) is 14.7. The first-order valence-corrected chi connectivity index (χ1v) is 10.4. The minimum absolute atomic E-state index is 0.0175. The van der Waals surface area contributed by atoms with Gasteiger partial charge in [-0.3, -0.25) is 10.1 Å². The van der Waals surface area contributed by atoms with Crippen molar-refractivity contribution in [2.24, 2.45) is 0 Å². The monoisotopic (exact) mass is 465 g/mol. The fourth-order valence-electron chi connectivity index (χ4n) is 2.46. The Labute approximate surface area is 181 Å². The topological polar surface area (TPSA) is 152 Å². The molecule has 11 nitrogen and oxygen atoms in total. The van der Waals surface area contributed by atoms with Crippen LogP contribution in [-0.4, -0.2) is 49.7 Å². The number of H-pyrrole nitrogens is 1. The van der Waals surface area contributed by atoms with Crippen LogP contribution in [0, 0.1) is 0 Å². The molecule has 0 aliphatic heterocycles. The molecule has 0 saturated carbocycles. The van der Waals surface area contributed by atoms with Crippen molar-refractivity contribution < 1.29 is 27.5 Å². The molecule has 2 aromatic carbocycles. The molecule has 1 heterocycles. The molecule has 0 atom stereocenters. The van der Waals surface area contributed by atoms with Crippen molar-refractivity contribution in [2.45, 2.75) is 4.90 Å². The van der Waals surface area contributed by atoms with Crippen molar-refractivity contribution in [3.63, 3.8) is 0 Å². The standard InChI is InChI=1S/C18H16ClN5O6S/c1-29-10-8-12(14(19)13(9-10)16(26)30-2)15(25)20-17-21-18(23-22-17)24-31(27,28)11-6-4-3-5-7-11/h3-9H,1-2H3,(H3,20,21,22,23,24,25). The first-order valence-electron chi connectivity index (χ1n) is 8.52. The second-order valence-electron chi connectivity index (χ2n) is 5.91. The van der Waals surface area contributed by atoms with Crippen molar-refractivity contribution in [1.29, 1.82) is 0 Å². The summed E-state index contributed by atoms with van der Waals surface area (Å²) >= 11 is 6.18. The van der Waals surface area contributed by atoms with E-state index in [2.05, 4.69) is 30.0 Å². The maximum absolute atomic E-state index is 12.7. The highest BCUT2D eigenvalue weighted by Crippen LogP contribution is 2.28. The van der Waals surface area contributed by atoms with Gasteiger partial charge in [0.1, 0.15) is 5.75 Å². The zero-order chi connectivity index (χ0) is 22.6. The predicted molar refractivity (Wildman–Crippen MR) is 111 cm³/mol. The fourth-order valence-corrected chi connectivity index (χ4v) is 3.69. The molecule has 13 heteroatoms. The number of anilines is 2. The summed E-state index contributed by atoms with van der Waals surface area (Å²) in [6.45, 7) is 0. The van der Waals surface area contributed by atoms with E-state index in [1.807, 2.05) is 0 Å². The number of halogens is 1. The second-order valence-corrected chi connectivity index (χ2v) is 7.97. The molecule has 0 bridgehead atoms. The average molecular weight is 466 g/mol. The Bertz CT molecular complexity index is 1230. The number of carbonyl (C=O) groups excluding carboxylic acids is 2. The maximum Gasteiger partial charge on any atom is 0.339 e. The Kier molecular flexibility index (Phi) is 6.42. The zero-order valence-corrected chi connectivity index (χ0v) is 17.7. The number of aromatic nitrogens is 3. The molecule has 31 heavy (non-hydrogen) atoms. The number of carbonyl (C=O) groups is 2. The largest absolute Gasteiger partial charge is 0.497 e. The number of nitrogens with one attached hydrogen (secondary N) is 3. The molecule has 0 spiro atoms. The van der Waals surface area contributed by atoms with Crippen molar-refractivity contribution in [3.8, 4) is 5.75 Å². The van der Waals surface area contributed by atoms with Crippen LogP contribution in [0.1, 0.15) is 20.7 Å². The summed E-state index contributed by atoms with van der Waals surface area (Å²) in [6.07, 6.45) is 0. The molecule has 3 N–H and O–H groups in total. The second kappa shape index (κ2) is 9.02.